The van der Waals surface area contributed by atoms with Gasteiger partial charge in [0, 0.05) is 18.8 Å². The van der Waals surface area contributed by atoms with Crippen molar-refractivity contribution in [3.8, 4) is 11.1 Å². The molecule has 0 aromatic heterocycles. The van der Waals surface area contributed by atoms with Gasteiger partial charge in [0.15, 0.2) is 0 Å². The van der Waals surface area contributed by atoms with Gasteiger partial charge in [0.05, 0.1) is 0 Å². The molecular weight excluding hydrogens is 278 g/mol. The molecule has 120 valence electrons. The summed E-state index contributed by atoms with van der Waals surface area (Å²) >= 11 is 0. The zero-order valence-corrected chi connectivity index (χ0v) is 14.8. The molecule has 0 saturated carbocycles. The van der Waals surface area contributed by atoms with Gasteiger partial charge in [0.2, 0.25) is 0 Å². The van der Waals surface area contributed by atoms with Gasteiger partial charge in [-0.3, -0.25) is 0 Å². The third-order valence-electron chi connectivity index (χ3n) is 5.12. The summed E-state index contributed by atoms with van der Waals surface area (Å²) in [6, 6.07) is 13.8. The van der Waals surface area contributed by atoms with Crippen molar-refractivity contribution in [3.05, 3.63) is 65.2 Å². The lowest BCUT2D eigenvalue weighted by atomic mass is 9.91. The Morgan fingerprint density at radius 2 is 1.52 bits per heavy atom. The first-order chi connectivity index (χ1) is 11.1. The van der Waals surface area contributed by atoms with Crippen LogP contribution in [0.2, 0.25) is 0 Å². The first-order valence-electron chi connectivity index (χ1n) is 8.71. The standard InChI is InChI=1S/C22H27N/c1-5-16(2)19-8-10-21(17(3)14-19)22-11-9-20(15-18(22)4)23-12-6-7-13-23/h6-11,14-16H,5,12-13H2,1-4H3. The maximum absolute atomic E-state index is 2.40. The van der Waals surface area contributed by atoms with E-state index in [0.717, 1.165) is 13.1 Å². The van der Waals surface area contributed by atoms with Crippen molar-refractivity contribution in [2.75, 3.05) is 18.0 Å². The van der Waals surface area contributed by atoms with Gasteiger partial charge in [-0.1, -0.05) is 50.3 Å². The summed E-state index contributed by atoms with van der Waals surface area (Å²) in [5.41, 5.74) is 8.22. The molecule has 2 aromatic carbocycles. The van der Waals surface area contributed by atoms with E-state index < -0.39 is 0 Å². The summed E-state index contributed by atoms with van der Waals surface area (Å²) in [6.07, 6.45) is 5.67. The van der Waals surface area contributed by atoms with Gasteiger partial charge in [-0.2, -0.15) is 0 Å². The number of aryl methyl sites for hydroxylation is 2. The van der Waals surface area contributed by atoms with Crippen molar-refractivity contribution in [1.82, 2.24) is 0 Å². The number of hydrogen-bond acceptors (Lipinski definition) is 1. The maximum Gasteiger partial charge on any atom is 0.0374 e. The van der Waals surface area contributed by atoms with E-state index >= 15 is 0 Å². The van der Waals surface area contributed by atoms with Gasteiger partial charge >= 0.3 is 0 Å². The Kier molecular flexibility index (Phi) is 4.56. The molecule has 0 bridgehead atoms. The molecule has 23 heavy (non-hydrogen) atoms. The van der Waals surface area contributed by atoms with Crippen LogP contribution in [-0.2, 0) is 0 Å². The van der Waals surface area contributed by atoms with Gasteiger partial charge in [-0.25, -0.2) is 0 Å². The highest BCUT2D eigenvalue weighted by Crippen LogP contribution is 2.32. The third-order valence-corrected chi connectivity index (χ3v) is 5.12. The number of nitrogens with zero attached hydrogens (tertiary/aromatic N) is 1. The molecule has 1 unspecified atom stereocenters. The average Bonchev–Trinajstić information content (AvgIpc) is 3.09. The van der Waals surface area contributed by atoms with Crippen molar-refractivity contribution in [2.45, 2.75) is 40.0 Å². The Morgan fingerprint density at radius 1 is 0.913 bits per heavy atom. The fraction of sp³-hybridized carbons (Fsp3) is 0.364. The fourth-order valence-electron chi connectivity index (χ4n) is 3.37. The summed E-state index contributed by atoms with van der Waals surface area (Å²) in [6.45, 7) is 11.1. The minimum atomic E-state index is 0.633. The highest BCUT2D eigenvalue weighted by molar-refractivity contribution is 5.73. The van der Waals surface area contributed by atoms with Gasteiger partial charge in [-0.05, 0) is 66.1 Å². The summed E-state index contributed by atoms with van der Waals surface area (Å²) in [7, 11) is 0. The maximum atomic E-state index is 2.40. The minimum absolute atomic E-state index is 0.633. The molecule has 0 amide bonds. The van der Waals surface area contributed by atoms with Crippen LogP contribution in [0.1, 0.15) is 42.9 Å². The second-order valence-electron chi connectivity index (χ2n) is 6.76. The molecule has 1 heteroatoms. The van der Waals surface area contributed by atoms with E-state index in [1.54, 1.807) is 0 Å². The quantitative estimate of drug-likeness (QED) is 0.639. The third kappa shape index (κ3) is 3.19. The molecule has 0 spiro atoms. The number of benzene rings is 2. The van der Waals surface area contributed by atoms with Crippen molar-refractivity contribution < 1.29 is 0 Å². The highest BCUT2D eigenvalue weighted by Gasteiger charge is 2.12. The Balaban J connectivity index is 1.92. The molecule has 0 radical (unpaired) electrons. The zero-order chi connectivity index (χ0) is 16.4. The molecule has 1 nitrogen and oxygen atoms in total. The molecular formula is C22H27N. The lowest BCUT2D eigenvalue weighted by Crippen LogP contribution is -2.18. The second-order valence-corrected chi connectivity index (χ2v) is 6.76. The minimum Gasteiger partial charge on any atom is -0.364 e. The van der Waals surface area contributed by atoms with E-state index in [9.17, 15) is 0 Å². The molecule has 0 N–H and O–H groups in total. The molecule has 1 aliphatic rings. The lowest BCUT2D eigenvalue weighted by molar-refractivity contribution is 0.733. The smallest absolute Gasteiger partial charge is 0.0374 e. The van der Waals surface area contributed by atoms with Gasteiger partial charge < -0.3 is 4.90 Å². The van der Waals surface area contributed by atoms with Crippen LogP contribution < -0.4 is 4.90 Å². The average molecular weight is 305 g/mol. The molecule has 1 aliphatic heterocycles. The zero-order valence-electron chi connectivity index (χ0n) is 14.8. The van der Waals surface area contributed by atoms with Gasteiger partial charge in [0.1, 0.15) is 0 Å². The monoisotopic (exact) mass is 305 g/mol. The van der Waals surface area contributed by atoms with Crippen molar-refractivity contribution in [2.24, 2.45) is 0 Å². The van der Waals surface area contributed by atoms with Crippen LogP contribution in [0.3, 0.4) is 0 Å². The molecule has 0 aliphatic carbocycles. The van der Waals surface area contributed by atoms with Crippen LogP contribution in [0.25, 0.3) is 11.1 Å². The SMILES string of the molecule is CCC(C)c1ccc(-c2ccc(N3CC=CC3)cc2C)c(C)c1. The van der Waals surface area contributed by atoms with E-state index in [-0.39, 0.29) is 0 Å². The second kappa shape index (κ2) is 6.62. The van der Waals surface area contributed by atoms with Crippen LogP contribution in [0.5, 0.6) is 0 Å². The van der Waals surface area contributed by atoms with Crippen LogP contribution in [0, 0.1) is 13.8 Å². The van der Waals surface area contributed by atoms with Crippen molar-refractivity contribution in [3.63, 3.8) is 0 Å². The summed E-state index contributed by atoms with van der Waals surface area (Å²) in [5.74, 6) is 0.633. The summed E-state index contributed by atoms with van der Waals surface area (Å²) in [4.78, 5) is 2.40. The fourth-order valence-corrected chi connectivity index (χ4v) is 3.37. The Bertz CT molecular complexity index is 719. The number of hydrogen-bond donors (Lipinski definition) is 0. The molecule has 1 heterocycles. The Hall–Kier alpha value is -2.02. The topological polar surface area (TPSA) is 3.24 Å². The number of anilines is 1. The number of rotatable bonds is 4. The van der Waals surface area contributed by atoms with E-state index in [1.807, 2.05) is 0 Å². The first-order valence-corrected chi connectivity index (χ1v) is 8.71. The summed E-state index contributed by atoms with van der Waals surface area (Å²) in [5, 5.41) is 0. The van der Waals surface area contributed by atoms with Crippen LogP contribution >= 0.6 is 0 Å². The van der Waals surface area contributed by atoms with E-state index in [4.69, 9.17) is 0 Å². The van der Waals surface area contributed by atoms with E-state index in [1.165, 1.54) is 39.9 Å². The normalized spacial score (nSPS) is 15.2. The van der Waals surface area contributed by atoms with E-state index in [0.29, 0.717) is 5.92 Å². The van der Waals surface area contributed by atoms with Crippen molar-refractivity contribution in [1.29, 1.82) is 0 Å². The van der Waals surface area contributed by atoms with E-state index in [2.05, 4.69) is 81.1 Å². The van der Waals surface area contributed by atoms with Gasteiger partial charge in [0.25, 0.3) is 0 Å². The van der Waals surface area contributed by atoms with Crippen LogP contribution in [0.4, 0.5) is 5.69 Å². The molecule has 1 atom stereocenters. The molecule has 0 saturated heterocycles. The first kappa shape index (κ1) is 15.9. The highest BCUT2D eigenvalue weighted by atomic mass is 15.1. The molecule has 3 rings (SSSR count). The van der Waals surface area contributed by atoms with Crippen molar-refractivity contribution >= 4 is 5.69 Å². The Labute approximate surface area is 140 Å². The lowest BCUT2D eigenvalue weighted by Gasteiger charge is -2.20. The molecule has 2 aromatic rings. The van der Waals surface area contributed by atoms with Gasteiger partial charge in [-0.15, -0.1) is 0 Å². The predicted octanol–water partition coefficient (Wildman–Crippen LogP) is 5.86. The summed E-state index contributed by atoms with van der Waals surface area (Å²) < 4.78 is 0. The largest absolute Gasteiger partial charge is 0.364 e. The molecule has 0 fully saturated rings. The predicted molar refractivity (Wildman–Crippen MR) is 101 cm³/mol. The van der Waals surface area contributed by atoms with Crippen LogP contribution in [-0.4, -0.2) is 13.1 Å². The van der Waals surface area contributed by atoms with Crippen LogP contribution in [0.15, 0.2) is 48.6 Å². The Morgan fingerprint density at radius 3 is 2.09 bits per heavy atom.